The molecular weight excluding hydrogens is 275 g/mol. The maximum absolute atomic E-state index is 13.5. The predicted octanol–water partition coefficient (Wildman–Crippen LogP) is 1.71. The zero-order valence-corrected chi connectivity index (χ0v) is 11.0. The van der Waals surface area contributed by atoms with E-state index in [1.807, 2.05) is 0 Å². The molecule has 0 radical (unpaired) electrons. The van der Waals surface area contributed by atoms with Crippen molar-refractivity contribution in [3.63, 3.8) is 0 Å². The summed E-state index contributed by atoms with van der Waals surface area (Å²) in [5, 5.41) is 2.43. The van der Waals surface area contributed by atoms with Gasteiger partial charge in [-0.15, -0.1) is 0 Å². The SMILES string of the molecule is COC(=O)C[C@@H](Cc1cc(F)c(F)cc1F)NC(C)=O. The van der Waals surface area contributed by atoms with Crippen molar-refractivity contribution in [3.8, 4) is 0 Å². The van der Waals surface area contributed by atoms with Crippen molar-refractivity contribution >= 4 is 11.9 Å². The predicted molar refractivity (Wildman–Crippen MR) is 64.3 cm³/mol. The maximum atomic E-state index is 13.5. The zero-order valence-electron chi connectivity index (χ0n) is 11.0. The van der Waals surface area contributed by atoms with Crippen LogP contribution in [0.2, 0.25) is 0 Å². The number of rotatable bonds is 5. The van der Waals surface area contributed by atoms with E-state index >= 15 is 0 Å². The van der Waals surface area contributed by atoms with Crippen LogP contribution < -0.4 is 5.32 Å². The lowest BCUT2D eigenvalue weighted by molar-refractivity contribution is -0.141. The van der Waals surface area contributed by atoms with Gasteiger partial charge in [0.15, 0.2) is 11.6 Å². The molecule has 20 heavy (non-hydrogen) atoms. The fourth-order valence-corrected chi connectivity index (χ4v) is 1.73. The molecule has 0 saturated heterocycles. The van der Waals surface area contributed by atoms with Gasteiger partial charge in [-0.2, -0.15) is 0 Å². The lowest BCUT2D eigenvalue weighted by Crippen LogP contribution is -2.37. The summed E-state index contributed by atoms with van der Waals surface area (Å²) < 4.78 is 43.9. The normalized spacial score (nSPS) is 11.8. The molecule has 1 amide bonds. The third-order valence-corrected chi connectivity index (χ3v) is 2.60. The third-order valence-electron chi connectivity index (χ3n) is 2.60. The van der Waals surface area contributed by atoms with Crippen LogP contribution in [0.3, 0.4) is 0 Å². The van der Waals surface area contributed by atoms with Crippen LogP contribution in [-0.4, -0.2) is 25.0 Å². The zero-order chi connectivity index (χ0) is 15.3. The van der Waals surface area contributed by atoms with Gasteiger partial charge < -0.3 is 10.1 Å². The minimum absolute atomic E-state index is 0.133. The Kier molecular flexibility index (Phi) is 5.54. The molecule has 7 heteroatoms. The molecule has 0 saturated carbocycles. The number of nitrogens with one attached hydrogen (secondary N) is 1. The summed E-state index contributed by atoms with van der Waals surface area (Å²) in [7, 11) is 1.17. The topological polar surface area (TPSA) is 55.4 Å². The molecule has 0 fully saturated rings. The van der Waals surface area contributed by atoms with Crippen LogP contribution in [0.5, 0.6) is 0 Å². The van der Waals surface area contributed by atoms with E-state index in [2.05, 4.69) is 10.1 Å². The molecule has 1 rings (SSSR count). The lowest BCUT2D eigenvalue weighted by Gasteiger charge is -2.17. The summed E-state index contributed by atoms with van der Waals surface area (Å²) in [5.74, 6) is -4.46. The summed E-state index contributed by atoms with van der Waals surface area (Å²) in [4.78, 5) is 22.2. The fraction of sp³-hybridized carbons (Fsp3) is 0.385. The van der Waals surface area contributed by atoms with Gasteiger partial charge in [0.05, 0.1) is 13.5 Å². The minimum Gasteiger partial charge on any atom is -0.469 e. The van der Waals surface area contributed by atoms with Crippen LogP contribution in [-0.2, 0) is 20.7 Å². The average Bonchev–Trinajstić information content (AvgIpc) is 2.34. The second kappa shape index (κ2) is 6.93. The largest absolute Gasteiger partial charge is 0.469 e. The van der Waals surface area contributed by atoms with Crippen molar-refractivity contribution in [2.45, 2.75) is 25.8 Å². The molecule has 1 N–H and O–H groups in total. The number of benzene rings is 1. The standard InChI is InChI=1S/C13H14F3NO3/c1-7(18)17-9(5-13(19)20-2)3-8-4-11(15)12(16)6-10(8)14/h4,6,9H,3,5H2,1-2H3,(H,17,18)/t9-/m1/s1. The smallest absolute Gasteiger partial charge is 0.307 e. The number of halogens is 3. The number of methoxy groups -OCH3 is 1. The van der Waals surface area contributed by atoms with Crippen LogP contribution in [0.1, 0.15) is 18.9 Å². The number of carbonyl (C=O) groups excluding carboxylic acids is 2. The monoisotopic (exact) mass is 289 g/mol. The van der Waals surface area contributed by atoms with Gasteiger partial charge >= 0.3 is 5.97 Å². The van der Waals surface area contributed by atoms with E-state index in [9.17, 15) is 22.8 Å². The van der Waals surface area contributed by atoms with Crippen LogP contribution in [0.25, 0.3) is 0 Å². The van der Waals surface area contributed by atoms with Crippen molar-refractivity contribution in [2.24, 2.45) is 0 Å². The number of hydrogen-bond donors (Lipinski definition) is 1. The van der Waals surface area contributed by atoms with E-state index in [-0.39, 0.29) is 18.4 Å². The van der Waals surface area contributed by atoms with Gasteiger partial charge in [-0.05, 0) is 18.1 Å². The van der Waals surface area contributed by atoms with Gasteiger partial charge in [0.25, 0.3) is 0 Å². The highest BCUT2D eigenvalue weighted by Gasteiger charge is 2.19. The molecule has 0 unspecified atom stereocenters. The Bertz CT molecular complexity index is 520. The summed E-state index contributed by atoms with van der Waals surface area (Å²) in [6, 6.07) is 0.365. The Morgan fingerprint density at radius 2 is 1.80 bits per heavy atom. The first kappa shape index (κ1) is 16.0. The van der Waals surface area contributed by atoms with E-state index in [1.54, 1.807) is 0 Å². The van der Waals surface area contributed by atoms with E-state index in [1.165, 1.54) is 14.0 Å². The Balaban J connectivity index is 2.91. The van der Waals surface area contributed by atoms with Crippen LogP contribution in [0, 0.1) is 17.5 Å². The first-order valence-corrected chi connectivity index (χ1v) is 5.80. The van der Waals surface area contributed by atoms with Crippen molar-refractivity contribution < 1.29 is 27.5 Å². The van der Waals surface area contributed by atoms with E-state index in [4.69, 9.17) is 0 Å². The Labute approximate surface area is 113 Å². The highest BCUT2D eigenvalue weighted by molar-refractivity contribution is 5.75. The van der Waals surface area contributed by atoms with Gasteiger partial charge in [-0.25, -0.2) is 13.2 Å². The molecular formula is C13H14F3NO3. The first-order chi connectivity index (χ1) is 9.33. The molecule has 1 aromatic carbocycles. The van der Waals surface area contributed by atoms with Crippen LogP contribution >= 0.6 is 0 Å². The van der Waals surface area contributed by atoms with Crippen LogP contribution in [0.4, 0.5) is 13.2 Å². The van der Waals surface area contributed by atoms with E-state index in [0.717, 1.165) is 0 Å². The average molecular weight is 289 g/mol. The van der Waals surface area contributed by atoms with Crippen molar-refractivity contribution in [1.82, 2.24) is 5.32 Å². The molecule has 4 nitrogen and oxygen atoms in total. The third kappa shape index (κ3) is 4.56. The van der Waals surface area contributed by atoms with E-state index < -0.39 is 35.4 Å². The Morgan fingerprint density at radius 3 is 2.35 bits per heavy atom. The number of hydrogen-bond acceptors (Lipinski definition) is 3. The van der Waals surface area contributed by atoms with Gasteiger partial charge in [-0.1, -0.05) is 0 Å². The van der Waals surface area contributed by atoms with Gasteiger partial charge in [0, 0.05) is 19.0 Å². The van der Waals surface area contributed by atoms with Crippen molar-refractivity contribution in [1.29, 1.82) is 0 Å². The van der Waals surface area contributed by atoms with Crippen LogP contribution in [0.15, 0.2) is 12.1 Å². The highest BCUT2D eigenvalue weighted by Crippen LogP contribution is 2.16. The molecule has 0 heterocycles. The Hall–Kier alpha value is -2.05. The lowest BCUT2D eigenvalue weighted by atomic mass is 10.0. The van der Waals surface area contributed by atoms with Crippen molar-refractivity contribution in [2.75, 3.05) is 7.11 Å². The summed E-state index contributed by atoms with van der Waals surface area (Å²) in [6.45, 7) is 1.23. The Morgan fingerprint density at radius 1 is 1.20 bits per heavy atom. The van der Waals surface area contributed by atoms with Crippen molar-refractivity contribution in [3.05, 3.63) is 35.1 Å². The molecule has 1 aromatic rings. The molecule has 0 aliphatic rings. The molecule has 0 aromatic heterocycles. The molecule has 0 spiro atoms. The summed E-state index contributed by atoms with van der Waals surface area (Å²) in [6.07, 6.45) is -0.355. The molecule has 1 atom stereocenters. The minimum atomic E-state index is -1.30. The number of ether oxygens (including phenoxy) is 1. The number of amides is 1. The summed E-state index contributed by atoms with van der Waals surface area (Å²) >= 11 is 0. The second-order valence-corrected chi connectivity index (χ2v) is 4.24. The number of esters is 1. The molecule has 0 aliphatic carbocycles. The maximum Gasteiger partial charge on any atom is 0.307 e. The fourth-order valence-electron chi connectivity index (χ4n) is 1.73. The summed E-state index contributed by atoms with van der Waals surface area (Å²) in [5.41, 5.74) is -0.133. The first-order valence-electron chi connectivity index (χ1n) is 5.80. The van der Waals surface area contributed by atoms with Gasteiger partial charge in [-0.3, -0.25) is 9.59 Å². The molecule has 0 bridgehead atoms. The van der Waals surface area contributed by atoms with Gasteiger partial charge in [0.1, 0.15) is 5.82 Å². The quantitative estimate of drug-likeness (QED) is 0.663. The van der Waals surface area contributed by atoms with E-state index in [0.29, 0.717) is 12.1 Å². The molecule has 0 aliphatic heterocycles. The second-order valence-electron chi connectivity index (χ2n) is 4.24. The highest BCUT2D eigenvalue weighted by atomic mass is 19.2. The van der Waals surface area contributed by atoms with Gasteiger partial charge in [0.2, 0.25) is 5.91 Å². The number of carbonyl (C=O) groups is 2. The molecule has 110 valence electrons.